The third kappa shape index (κ3) is 8.54. The monoisotopic (exact) mass is 910 g/mol. The Hall–Kier alpha value is -5.01. The van der Waals surface area contributed by atoms with E-state index in [0.29, 0.717) is 22.4 Å². The van der Waals surface area contributed by atoms with Gasteiger partial charge in [-0.05, 0) is 134 Å². The molecule has 0 bridgehead atoms. The number of rotatable bonds is 3. The van der Waals surface area contributed by atoms with Crippen LogP contribution in [-0.4, -0.2) is 19.9 Å². The molecule has 0 saturated heterocycles. The molecule has 10 aromatic rings. The van der Waals surface area contributed by atoms with Crippen molar-refractivity contribution in [2.24, 2.45) is 0 Å². The Labute approximate surface area is 366 Å². The van der Waals surface area contributed by atoms with Crippen molar-refractivity contribution < 1.29 is 25.2 Å². The first-order chi connectivity index (χ1) is 28.5. The predicted molar refractivity (Wildman–Crippen MR) is 247 cm³/mol. The molecule has 0 aliphatic rings. The van der Waals surface area contributed by atoms with Gasteiger partial charge in [0.05, 0.1) is 11.4 Å². The summed E-state index contributed by atoms with van der Waals surface area (Å²) in [6, 6.07) is 33.4. The third-order valence-electron chi connectivity index (χ3n) is 10.1. The van der Waals surface area contributed by atoms with Crippen LogP contribution in [0.4, 0.5) is 0 Å². The summed E-state index contributed by atoms with van der Waals surface area (Å²) in [5, 5.41) is 9.40. The minimum absolute atomic E-state index is 0.497. The van der Waals surface area contributed by atoms with Gasteiger partial charge in [0, 0.05) is 72.2 Å². The van der Waals surface area contributed by atoms with Crippen molar-refractivity contribution in [2.45, 2.75) is 61.3 Å². The van der Waals surface area contributed by atoms with E-state index in [1.54, 1.807) is 0 Å². The van der Waals surface area contributed by atoms with Crippen LogP contribution in [0.25, 0.3) is 88.2 Å². The van der Waals surface area contributed by atoms with E-state index in [0.717, 1.165) is 88.3 Å². The Morgan fingerprint density at radius 3 is 1.47 bits per heavy atom. The van der Waals surface area contributed by atoms with E-state index < -0.39 is 0 Å². The topological polar surface area (TPSA) is 77.8 Å². The molecule has 6 heterocycles. The molecule has 4 aromatic carbocycles. The number of pyridine rings is 4. The zero-order valence-corrected chi connectivity index (χ0v) is 39.9. The molecule has 0 spiro atoms. The molecule has 0 amide bonds. The number of hydrogen-bond donors (Lipinski definition) is 0. The van der Waals surface area contributed by atoms with E-state index in [1.807, 2.05) is 82.9 Å². The molecule has 0 atom stereocenters. The molecule has 6 aromatic heterocycles. The van der Waals surface area contributed by atoms with E-state index in [1.165, 1.54) is 32.9 Å². The standard InChI is InChI=1S/C25H22N2O.C22H15ClN2O.C3H7.BrH.Zn/c1-14(2)17-6-8-19-18(13-17)9-10-26-23(19)22-12-15(3)11-21-20-7-5-16(4)27-25(20)28-24(21)22;1-12-9-18-17-5-3-13(2)25-22(17)26-21(18)19(10-12)20-16-6-4-15(23)11-14(16)7-8-24-20;1-3-2;;/h5-14H,1-4H3;3-11H,1-2H3;3H,1-2H3;1H;/q;;-1;;+2/p-1. The first kappa shape index (κ1) is 42.1. The normalized spacial score (nSPS) is 11.2. The van der Waals surface area contributed by atoms with E-state index in [-0.39, 0.29) is 0 Å². The number of aryl methyl sites for hydroxylation is 4. The van der Waals surface area contributed by atoms with Gasteiger partial charge >= 0.3 is 30.0 Å². The predicted octanol–water partition coefficient (Wildman–Crippen LogP) is 15.5. The molecule has 0 fully saturated rings. The maximum atomic E-state index is 6.23. The summed E-state index contributed by atoms with van der Waals surface area (Å²) in [5.41, 5.74) is 12.4. The fraction of sp³-hybridized carbons (Fsp3) is 0.180. The fourth-order valence-electron chi connectivity index (χ4n) is 7.48. The Morgan fingerprint density at radius 1 is 0.559 bits per heavy atom. The maximum absolute atomic E-state index is 6.23. The third-order valence-corrected chi connectivity index (χ3v) is 10.4. The van der Waals surface area contributed by atoms with Gasteiger partial charge in [-0.1, -0.05) is 49.7 Å². The number of aromatic nitrogens is 4. The second kappa shape index (κ2) is 18.1. The summed E-state index contributed by atoms with van der Waals surface area (Å²) < 4.78 is 12.4. The molecular formula is C50H44BrClN4O2Zn. The van der Waals surface area contributed by atoms with Crippen LogP contribution in [-0.2, 0) is 16.3 Å². The number of halogens is 2. The van der Waals surface area contributed by atoms with Gasteiger partial charge in [-0.2, -0.15) is 13.8 Å². The quantitative estimate of drug-likeness (QED) is 0.130. The fourth-order valence-corrected chi connectivity index (χ4v) is 7.66. The summed E-state index contributed by atoms with van der Waals surface area (Å²) >= 11 is 10.4. The number of hydrogen-bond acceptors (Lipinski definition) is 6. The molecule has 59 heavy (non-hydrogen) atoms. The first-order valence-electron chi connectivity index (χ1n) is 19.6. The van der Waals surface area contributed by atoms with Gasteiger partial charge in [0.2, 0.25) is 11.4 Å². The average Bonchev–Trinajstić information content (AvgIpc) is 3.77. The molecule has 10 rings (SSSR count). The van der Waals surface area contributed by atoms with Crippen molar-refractivity contribution in [3.63, 3.8) is 0 Å². The minimum atomic E-state index is 0.497. The van der Waals surface area contributed by atoms with Gasteiger partial charge in [0.15, 0.2) is 0 Å². The molecule has 6 nitrogen and oxygen atoms in total. The first-order valence-corrected chi connectivity index (χ1v) is 26.9. The summed E-state index contributed by atoms with van der Waals surface area (Å²) in [7, 11) is 0. The number of benzene rings is 4. The van der Waals surface area contributed by atoms with Crippen LogP contribution in [0.15, 0.2) is 118 Å². The molecule has 0 unspecified atom stereocenters. The SMILES string of the molecule is C[CH-]C.Cc1cc(-c2nccc3cc(C(C)C)ccc23)c2oc3nc(C)ccc3c2c1.Cc1cc(-c2nccc3cc(Cl)ccc23)c2oc3nc(C)ccc3c2c1.[Zn+][Br]. The average molecular weight is 914 g/mol. The molecular weight excluding hydrogens is 869 g/mol. The van der Waals surface area contributed by atoms with Crippen LogP contribution in [0.3, 0.4) is 0 Å². The van der Waals surface area contributed by atoms with Crippen molar-refractivity contribution >= 4 is 90.9 Å². The van der Waals surface area contributed by atoms with E-state index in [4.69, 9.17) is 25.4 Å². The van der Waals surface area contributed by atoms with Crippen molar-refractivity contribution in [1.82, 2.24) is 19.9 Å². The summed E-state index contributed by atoms with van der Waals surface area (Å²) in [6.45, 7) is 16.6. The number of fused-ring (bicyclic) bond motifs is 8. The van der Waals surface area contributed by atoms with Gasteiger partial charge in [0.1, 0.15) is 11.2 Å². The molecule has 292 valence electrons. The van der Waals surface area contributed by atoms with Crippen LogP contribution < -0.4 is 0 Å². The van der Waals surface area contributed by atoms with Gasteiger partial charge < -0.3 is 15.3 Å². The van der Waals surface area contributed by atoms with Gasteiger partial charge in [-0.15, -0.1) is 0 Å². The molecule has 0 N–H and O–H groups in total. The number of furan rings is 2. The Morgan fingerprint density at radius 2 is 1.00 bits per heavy atom. The molecule has 0 aliphatic carbocycles. The van der Waals surface area contributed by atoms with Crippen molar-refractivity contribution in [1.29, 1.82) is 0 Å². The van der Waals surface area contributed by atoms with E-state index in [9.17, 15) is 0 Å². The molecule has 0 radical (unpaired) electrons. The van der Waals surface area contributed by atoms with Crippen LogP contribution in [0.1, 0.15) is 61.7 Å². The van der Waals surface area contributed by atoms with Crippen LogP contribution in [0.2, 0.25) is 5.02 Å². The zero-order chi connectivity index (χ0) is 42.0. The van der Waals surface area contributed by atoms with Gasteiger partial charge in [-0.3, -0.25) is 9.97 Å². The molecule has 0 aliphatic heterocycles. The Balaban J connectivity index is 0.000000162. The number of nitrogens with zero attached hydrogens (tertiary/aromatic N) is 4. The van der Waals surface area contributed by atoms with E-state index in [2.05, 4.69) is 117 Å². The molecule has 9 heteroatoms. The Bertz CT molecular complexity index is 3140. The van der Waals surface area contributed by atoms with Crippen LogP contribution in [0.5, 0.6) is 0 Å². The summed E-state index contributed by atoms with van der Waals surface area (Å²) in [6.07, 6.45) is 5.70. The van der Waals surface area contributed by atoms with Crippen molar-refractivity contribution in [2.75, 3.05) is 0 Å². The zero-order valence-electron chi connectivity index (χ0n) is 34.6. The second-order valence-electron chi connectivity index (χ2n) is 15.1. The second-order valence-corrected chi connectivity index (χ2v) is 15.5. The summed E-state index contributed by atoms with van der Waals surface area (Å²) in [4.78, 5) is 18.5. The Kier molecular flexibility index (Phi) is 12.9. The summed E-state index contributed by atoms with van der Waals surface area (Å²) in [5.74, 6) is 0.497. The van der Waals surface area contributed by atoms with Crippen molar-refractivity contribution in [3.05, 3.63) is 149 Å². The van der Waals surface area contributed by atoms with Gasteiger partial charge in [-0.25, -0.2) is 9.97 Å². The van der Waals surface area contributed by atoms with Crippen LogP contribution in [0, 0.1) is 34.1 Å². The van der Waals surface area contributed by atoms with Crippen LogP contribution >= 0.6 is 25.2 Å². The van der Waals surface area contributed by atoms with Gasteiger partial charge in [0.25, 0.3) is 0 Å². The van der Waals surface area contributed by atoms with E-state index >= 15 is 0 Å². The van der Waals surface area contributed by atoms with Crippen molar-refractivity contribution in [3.8, 4) is 22.5 Å². The molecule has 0 saturated carbocycles.